The summed E-state index contributed by atoms with van der Waals surface area (Å²) < 4.78 is 77.0. The molecule has 0 spiro atoms. The van der Waals surface area contributed by atoms with Crippen LogP contribution in [0.15, 0.2) is 54.6 Å². The fraction of sp³-hybridized carbons (Fsp3) is 0.333. The Morgan fingerprint density at radius 2 is 1.51 bits per heavy atom. The second kappa shape index (κ2) is 18.6. The van der Waals surface area contributed by atoms with Gasteiger partial charge in [0, 0.05) is 17.8 Å². The number of nitrogens with one attached hydrogen (secondary N) is 3. The maximum atomic E-state index is 13.6. The second-order valence-corrected chi connectivity index (χ2v) is 11.6. The number of aliphatic carboxylic acids is 2. The number of carbonyl (C=O) groups excluding carboxylic acids is 3. The molecule has 0 unspecified atom stereocenters. The molecule has 1 aliphatic rings. The minimum Gasteiger partial charge on any atom is -0.475 e. The standard InChI is InChI=1S/C29H33FN6O3.2C2HF3O2/c1-16-21(7-10-26(31)35-16)15-34-28(38)17(2)36-29(39)25-12-19(14-33-25)11-18-3-5-20(6-4-18)23-9-8-22(30)13-24(23)27(32)37;2*3-2(4,5)1(6)7/h3-10,13,17,19,25,33H,11-12,14-15H2,1-2H3,(H2,31,35)(H2,32,37)(H,34,38)(H,36,39);2*(H,6,7)/t17-,19-,25+;;/m0../s1. The number of primary amides is 1. The number of amides is 3. The highest BCUT2D eigenvalue weighted by molar-refractivity contribution is 5.99. The monoisotopic (exact) mass is 760 g/mol. The van der Waals surface area contributed by atoms with E-state index >= 15 is 0 Å². The van der Waals surface area contributed by atoms with Gasteiger partial charge in [-0.2, -0.15) is 26.3 Å². The Hall–Kier alpha value is -5.79. The number of halogens is 7. The van der Waals surface area contributed by atoms with Gasteiger partial charge in [0.25, 0.3) is 0 Å². The topological polar surface area (TPSA) is 227 Å². The molecule has 2 heterocycles. The molecule has 13 nitrogen and oxygen atoms in total. The van der Waals surface area contributed by atoms with Crippen molar-refractivity contribution in [3.8, 4) is 11.1 Å². The highest BCUT2D eigenvalue weighted by Gasteiger charge is 2.39. The van der Waals surface area contributed by atoms with Crippen LogP contribution < -0.4 is 27.4 Å². The fourth-order valence-corrected chi connectivity index (χ4v) is 4.80. The number of hydrogen-bond acceptors (Lipinski definition) is 8. The largest absolute Gasteiger partial charge is 0.490 e. The Labute approximate surface area is 296 Å². The number of carboxylic acid groups (broad SMARTS) is 2. The van der Waals surface area contributed by atoms with E-state index in [9.17, 15) is 45.1 Å². The van der Waals surface area contributed by atoms with Crippen LogP contribution in [0.4, 0.5) is 36.6 Å². The number of anilines is 1. The Morgan fingerprint density at radius 1 is 0.943 bits per heavy atom. The van der Waals surface area contributed by atoms with Crippen LogP contribution in [0.25, 0.3) is 11.1 Å². The number of rotatable bonds is 9. The third-order valence-corrected chi connectivity index (χ3v) is 7.48. The molecule has 3 aromatic rings. The van der Waals surface area contributed by atoms with Crippen molar-refractivity contribution in [2.45, 2.75) is 57.7 Å². The van der Waals surface area contributed by atoms with Gasteiger partial charge in [-0.15, -0.1) is 0 Å². The Morgan fingerprint density at radius 3 is 2.02 bits per heavy atom. The molecule has 53 heavy (non-hydrogen) atoms. The summed E-state index contributed by atoms with van der Waals surface area (Å²) in [6, 6.07) is 14.1. The molecule has 2 aromatic carbocycles. The molecule has 3 amide bonds. The van der Waals surface area contributed by atoms with Crippen molar-refractivity contribution in [2.24, 2.45) is 11.7 Å². The number of benzene rings is 2. The van der Waals surface area contributed by atoms with Crippen LogP contribution in [0.1, 0.15) is 40.5 Å². The van der Waals surface area contributed by atoms with Crippen LogP contribution in [0.5, 0.6) is 0 Å². The summed E-state index contributed by atoms with van der Waals surface area (Å²) in [5.41, 5.74) is 15.2. The predicted octanol–water partition coefficient (Wildman–Crippen LogP) is 3.49. The molecule has 4 rings (SSSR count). The molecule has 0 saturated carbocycles. The van der Waals surface area contributed by atoms with Gasteiger partial charge in [0.15, 0.2) is 0 Å². The van der Waals surface area contributed by atoms with Gasteiger partial charge in [-0.05, 0) is 79.6 Å². The van der Waals surface area contributed by atoms with Crippen LogP contribution in [-0.4, -0.2) is 75.8 Å². The number of nitrogens with zero attached hydrogens (tertiary/aromatic N) is 1. The van der Waals surface area contributed by atoms with Crippen molar-refractivity contribution in [3.63, 3.8) is 0 Å². The van der Waals surface area contributed by atoms with E-state index in [4.69, 9.17) is 31.3 Å². The molecule has 288 valence electrons. The zero-order valence-corrected chi connectivity index (χ0v) is 27.9. The first-order valence-electron chi connectivity index (χ1n) is 15.3. The normalized spacial score (nSPS) is 15.8. The van der Waals surface area contributed by atoms with E-state index in [1.807, 2.05) is 37.3 Å². The molecule has 1 aliphatic heterocycles. The molecule has 3 atom stereocenters. The summed E-state index contributed by atoms with van der Waals surface area (Å²) >= 11 is 0. The quantitative estimate of drug-likeness (QED) is 0.157. The summed E-state index contributed by atoms with van der Waals surface area (Å²) in [6.07, 6.45) is -8.77. The average Bonchev–Trinajstić information content (AvgIpc) is 3.53. The lowest BCUT2D eigenvalue weighted by Crippen LogP contribution is -2.50. The number of pyridine rings is 1. The van der Waals surface area contributed by atoms with Crippen LogP contribution in [0.2, 0.25) is 0 Å². The molecular weight excluding hydrogens is 725 g/mol. The summed E-state index contributed by atoms with van der Waals surface area (Å²) in [4.78, 5) is 59.0. The number of alkyl halides is 6. The van der Waals surface area contributed by atoms with Crippen molar-refractivity contribution in [3.05, 3.63) is 82.8 Å². The smallest absolute Gasteiger partial charge is 0.475 e. The maximum Gasteiger partial charge on any atom is 0.490 e. The van der Waals surface area contributed by atoms with Gasteiger partial charge >= 0.3 is 24.3 Å². The van der Waals surface area contributed by atoms with Gasteiger partial charge in [-0.25, -0.2) is 19.0 Å². The number of carboxylic acids is 2. The fourth-order valence-electron chi connectivity index (χ4n) is 4.80. The van der Waals surface area contributed by atoms with Gasteiger partial charge in [-0.1, -0.05) is 36.4 Å². The first-order valence-corrected chi connectivity index (χ1v) is 15.3. The lowest BCUT2D eigenvalue weighted by atomic mass is 9.93. The SMILES string of the molecule is Cc1nc(N)ccc1CNC(=O)[C@H](C)NC(=O)[C@H]1C[C@H](Cc2ccc(-c3ccc(F)cc3C(N)=O)cc2)CN1.O=C(O)C(F)(F)F.O=C(O)C(F)(F)F. The number of hydrogen-bond donors (Lipinski definition) is 7. The maximum absolute atomic E-state index is 13.6. The summed E-state index contributed by atoms with van der Waals surface area (Å²) in [5, 5.41) is 23.1. The minimum absolute atomic E-state index is 0.136. The van der Waals surface area contributed by atoms with E-state index in [0.717, 1.165) is 34.9 Å². The second-order valence-electron chi connectivity index (χ2n) is 11.6. The number of aryl methyl sites for hydroxylation is 1. The van der Waals surface area contributed by atoms with Crippen LogP contribution in [-0.2, 0) is 32.1 Å². The van der Waals surface area contributed by atoms with Gasteiger partial charge in [-0.3, -0.25) is 14.4 Å². The van der Waals surface area contributed by atoms with Gasteiger partial charge in [0.05, 0.1) is 6.04 Å². The Balaban J connectivity index is 0.000000587. The molecular formula is C33H35F7N6O7. The third-order valence-electron chi connectivity index (χ3n) is 7.48. The van der Waals surface area contributed by atoms with E-state index in [-0.39, 0.29) is 29.3 Å². The molecule has 0 bridgehead atoms. The molecule has 0 radical (unpaired) electrons. The Kier molecular flexibility index (Phi) is 15.2. The number of nitrogens with two attached hydrogens (primary N) is 2. The molecule has 1 fully saturated rings. The first kappa shape index (κ1) is 43.4. The van der Waals surface area contributed by atoms with E-state index in [1.54, 1.807) is 19.1 Å². The first-order chi connectivity index (χ1) is 24.5. The summed E-state index contributed by atoms with van der Waals surface area (Å²) in [6.45, 7) is 4.45. The van der Waals surface area contributed by atoms with Crippen LogP contribution >= 0.6 is 0 Å². The van der Waals surface area contributed by atoms with E-state index < -0.39 is 42.1 Å². The van der Waals surface area contributed by atoms with Gasteiger partial charge in [0.2, 0.25) is 17.7 Å². The molecule has 1 aromatic heterocycles. The van der Waals surface area contributed by atoms with Crippen molar-refractivity contribution in [2.75, 3.05) is 12.3 Å². The number of carbonyl (C=O) groups is 5. The third kappa shape index (κ3) is 14.0. The van der Waals surface area contributed by atoms with Crippen LogP contribution in [0.3, 0.4) is 0 Å². The average molecular weight is 761 g/mol. The van der Waals surface area contributed by atoms with Crippen molar-refractivity contribution in [1.82, 2.24) is 20.9 Å². The number of nitrogen functional groups attached to an aromatic ring is 1. The zero-order valence-electron chi connectivity index (χ0n) is 27.9. The highest BCUT2D eigenvalue weighted by atomic mass is 19.4. The van der Waals surface area contributed by atoms with E-state index in [0.29, 0.717) is 30.9 Å². The van der Waals surface area contributed by atoms with Crippen molar-refractivity contribution >= 4 is 35.5 Å². The van der Waals surface area contributed by atoms with E-state index in [1.165, 1.54) is 6.07 Å². The van der Waals surface area contributed by atoms with Crippen molar-refractivity contribution in [1.29, 1.82) is 0 Å². The lowest BCUT2D eigenvalue weighted by Gasteiger charge is -2.17. The highest BCUT2D eigenvalue weighted by Crippen LogP contribution is 2.27. The summed E-state index contributed by atoms with van der Waals surface area (Å²) in [7, 11) is 0. The van der Waals surface area contributed by atoms with Crippen molar-refractivity contribution < 1.29 is 64.9 Å². The molecule has 0 aliphatic carbocycles. The van der Waals surface area contributed by atoms with Gasteiger partial charge in [0.1, 0.15) is 17.7 Å². The summed E-state index contributed by atoms with van der Waals surface area (Å²) in [5.74, 6) is -6.55. The van der Waals surface area contributed by atoms with E-state index in [2.05, 4.69) is 20.9 Å². The van der Waals surface area contributed by atoms with Gasteiger partial charge < -0.3 is 37.6 Å². The number of aromatic nitrogens is 1. The molecule has 9 N–H and O–H groups in total. The molecule has 20 heteroatoms. The zero-order chi connectivity index (χ0) is 40.3. The lowest BCUT2D eigenvalue weighted by molar-refractivity contribution is -0.193. The predicted molar refractivity (Wildman–Crippen MR) is 174 cm³/mol. The molecule has 1 saturated heterocycles. The Bertz CT molecular complexity index is 1760. The van der Waals surface area contributed by atoms with Crippen LogP contribution in [0, 0.1) is 18.7 Å². The minimum atomic E-state index is -5.08.